The highest BCUT2D eigenvalue weighted by atomic mass is 35.5. The minimum absolute atomic E-state index is 0.142. The van der Waals surface area contributed by atoms with Gasteiger partial charge in [-0.05, 0) is 43.2 Å². The quantitative estimate of drug-likeness (QED) is 0.836. The van der Waals surface area contributed by atoms with Crippen LogP contribution in [0.4, 0.5) is 0 Å². The smallest absolute Gasteiger partial charge is 0.161 e. The molecule has 0 spiro atoms. The SMILES string of the molecule is CCOc1cc(CNC(C)c2ccccc2Cl)ccc1O. The van der Waals surface area contributed by atoms with Gasteiger partial charge in [-0.15, -0.1) is 0 Å². The molecule has 0 fully saturated rings. The van der Waals surface area contributed by atoms with Crippen molar-refractivity contribution in [3.05, 3.63) is 58.6 Å². The molecule has 2 rings (SSSR count). The van der Waals surface area contributed by atoms with E-state index in [1.165, 1.54) is 0 Å². The van der Waals surface area contributed by atoms with Crippen LogP contribution in [0.1, 0.15) is 31.0 Å². The highest BCUT2D eigenvalue weighted by Crippen LogP contribution is 2.27. The van der Waals surface area contributed by atoms with Crippen molar-refractivity contribution in [3.63, 3.8) is 0 Å². The van der Waals surface area contributed by atoms with Gasteiger partial charge in [-0.1, -0.05) is 35.9 Å². The predicted octanol–water partition coefficient (Wildman–Crippen LogP) is 4.30. The maximum Gasteiger partial charge on any atom is 0.161 e. The molecular weight excluding hydrogens is 286 g/mol. The largest absolute Gasteiger partial charge is 0.504 e. The van der Waals surface area contributed by atoms with E-state index in [1.807, 2.05) is 43.3 Å². The number of halogens is 1. The first-order valence-corrected chi connectivity index (χ1v) is 7.42. The number of rotatable bonds is 6. The molecule has 0 amide bonds. The van der Waals surface area contributed by atoms with Crippen molar-refractivity contribution in [2.24, 2.45) is 0 Å². The lowest BCUT2D eigenvalue weighted by Gasteiger charge is -2.16. The Morgan fingerprint density at radius 3 is 2.71 bits per heavy atom. The predicted molar refractivity (Wildman–Crippen MR) is 86.0 cm³/mol. The van der Waals surface area contributed by atoms with E-state index in [4.69, 9.17) is 16.3 Å². The lowest BCUT2D eigenvalue weighted by molar-refractivity contribution is 0.317. The van der Waals surface area contributed by atoms with Crippen molar-refractivity contribution in [1.82, 2.24) is 5.32 Å². The summed E-state index contributed by atoms with van der Waals surface area (Å²) >= 11 is 6.20. The molecule has 4 heteroatoms. The summed E-state index contributed by atoms with van der Waals surface area (Å²) in [5.74, 6) is 0.682. The summed E-state index contributed by atoms with van der Waals surface area (Å²) in [6, 6.07) is 13.3. The summed E-state index contributed by atoms with van der Waals surface area (Å²) in [7, 11) is 0. The molecule has 2 aromatic rings. The zero-order chi connectivity index (χ0) is 15.2. The van der Waals surface area contributed by atoms with Gasteiger partial charge in [0.1, 0.15) is 0 Å². The number of hydrogen-bond donors (Lipinski definition) is 2. The van der Waals surface area contributed by atoms with Crippen molar-refractivity contribution in [2.75, 3.05) is 6.61 Å². The van der Waals surface area contributed by atoms with Crippen molar-refractivity contribution in [2.45, 2.75) is 26.4 Å². The molecule has 2 N–H and O–H groups in total. The Balaban J connectivity index is 2.03. The lowest BCUT2D eigenvalue weighted by atomic mass is 10.1. The van der Waals surface area contributed by atoms with Crippen LogP contribution in [0.2, 0.25) is 5.02 Å². The van der Waals surface area contributed by atoms with Crippen molar-refractivity contribution in [3.8, 4) is 11.5 Å². The standard InChI is InChI=1S/C17H20ClNO2/c1-3-21-17-10-13(8-9-16(17)20)11-19-12(2)14-6-4-5-7-15(14)18/h4-10,12,19-20H,3,11H2,1-2H3. The van der Waals surface area contributed by atoms with E-state index < -0.39 is 0 Å². The van der Waals surface area contributed by atoms with Gasteiger partial charge in [-0.25, -0.2) is 0 Å². The van der Waals surface area contributed by atoms with Gasteiger partial charge in [-0.2, -0.15) is 0 Å². The van der Waals surface area contributed by atoms with Crippen LogP contribution in [0.3, 0.4) is 0 Å². The van der Waals surface area contributed by atoms with Gasteiger partial charge < -0.3 is 15.2 Å². The van der Waals surface area contributed by atoms with Crippen molar-refractivity contribution in [1.29, 1.82) is 0 Å². The molecule has 21 heavy (non-hydrogen) atoms. The van der Waals surface area contributed by atoms with Crippen LogP contribution in [0.25, 0.3) is 0 Å². The molecule has 0 saturated carbocycles. The van der Waals surface area contributed by atoms with Crippen LogP contribution < -0.4 is 10.1 Å². The zero-order valence-corrected chi connectivity index (χ0v) is 13.0. The summed E-state index contributed by atoms with van der Waals surface area (Å²) in [5.41, 5.74) is 2.12. The third-order valence-electron chi connectivity index (χ3n) is 3.31. The lowest BCUT2D eigenvalue weighted by Crippen LogP contribution is -2.18. The second kappa shape index (κ2) is 7.34. The number of phenols is 1. The zero-order valence-electron chi connectivity index (χ0n) is 12.3. The molecule has 0 bridgehead atoms. The topological polar surface area (TPSA) is 41.5 Å². The number of ether oxygens (including phenoxy) is 1. The molecule has 112 valence electrons. The fraction of sp³-hybridized carbons (Fsp3) is 0.294. The minimum atomic E-state index is 0.142. The van der Waals surface area contributed by atoms with Crippen LogP contribution in [-0.4, -0.2) is 11.7 Å². The Labute approximate surface area is 130 Å². The molecule has 1 atom stereocenters. The summed E-state index contributed by atoms with van der Waals surface area (Å²) < 4.78 is 5.39. The number of benzene rings is 2. The first-order chi connectivity index (χ1) is 10.1. The molecule has 0 heterocycles. The van der Waals surface area contributed by atoms with Gasteiger partial charge in [0.15, 0.2) is 11.5 Å². The molecule has 2 aromatic carbocycles. The number of aromatic hydroxyl groups is 1. The fourth-order valence-corrected chi connectivity index (χ4v) is 2.45. The number of nitrogens with one attached hydrogen (secondary N) is 1. The van der Waals surface area contributed by atoms with Gasteiger partial charge >= 0.3 is 0 Å². The fourth-order valence-electron chi connectivity index (χ4n) is 2.15. The average molecular weight is 306 g/mol. The van der Waals surface area contributed by atoms with Crippen LogP contribution in [0.5, 0.6) is 11.5 Å². The van der Waals surface area contributed by atoms with E-state index in [2.05, 4.69) is 12.2 Å². The Bertz CT molecular complexity index is 601. The van der Waals surface area contributed by atoms with Crippen molar-refractivity contribution >= 4 is 11.6 Å². The van der Waals surface area contributed by atoms with Gasteiger partial charge in [0.05, 0.1) is 6.61 Å². The molecule has 0 radical (unpaired) electrons. The Morgan fingerprint density at radius 1 is 1.24 bits per heavy atom. The maximum absolute atomic E-state index is 9.70. The maximum atomic E-state index is 9.70. The Hall–Kier alpha value is -1.71. The number of phenolic OH excluding ortho intramolecular Hbond substituents is 1. The summed E-state index contributed by atoms with van der Waals surface area (Å²) in [4.78, 5) is 0. The van der Waals surface area contributed by atoms with Crippen molar-refractivity contribution < 1.29 is 9.84 Å². The molecule has 3 nitrogen and oxygen atoms in total. The van der Waals surface area contributed by atoms with E-state index >= 15 is 0 Å². The summed E-state index contributed by atoms with van der Waals surface area (Å²) in [5, 5.41) is 13.9. The molecule has 0 aliphatic carbocycles. The normalized spacial score (nSPS) is 12.1. The van der Waals surface area contributed by atoms with E-state index in [-0.39, 0.29) is 11.8 Å². The first kappa shape index (κ1) is 15.7. The minimum Gasteiger partial charge on any atom is -0.504 e. The van der Waals surface area contributed by atoms with Crippen LogP contribution in [-0.2, 0) is 6.54 Å². The molecule has 0 saturated heterocycles. The van der Waals surface area contributed by atoms with E-state index in [9.17, 15) is 5.11 Å². The Morgan fingerprint density at radius 2 is 2.00 bits per heavy atom. The summed E-state index contributed by atoms with van der Waals surface area (Å²) in [6.07, 6.45) is 0. The second-order valence-corrected chi connectivity index (χ2v) is 5.27. The highest BCUT2D eigenvalue weighted by Gasteiger charge is 2.09. The monoisotopic (exact) mass is 305 g/mol. The van der Waals surface area contributed by atoms with Gasteiger partial charge in [0.25, 0.3) is 0 Å². The van der Waals surface area contributed by atoms with Gasteiger partial charge in [0.2, 0.25) is 0 Å². The molecule has 1 unspecified atom stereocenters. The second-order valence-electron chi connectivity index (χ2n) is 4.86. The molecule has 0 aliphatic heterocycles. The molecule has 0 aromatic heterocycles. The van der Waals surface area contributed by atoms with E-state index in [0.717, 1.165) is 16.1 Å². The Kier molecular flexibility index (Phi) is 5.48. The van der Waals surface area contributed by atoms with Crippen LogP contribution in [0, 0.1) is 0 Å². The van der Waals surface area contributed by atoms with Gasteiger partial charge in [0, 0.05) is 17.6 Å². The molecule has 0 aliphatic rings. The van der Waals surface area contributed by atoms with Gasteiger partial charge in [-0.3, -0.25) is 0 Å². The van der Waals surface area contributed by atoms with E-state index in [1.54, 1.807) is 6.07 Å². The third-order valence-corrected chi connectivity index (χ3v) is 3.65. The van der Waals surface area contributed by atoms with Crippen LogP contribution in [0.15, 0.2) is 42.5 Å². The van der Waals surface area contributed by atoms with E-state index in [0.29, 0.717) is 18.9 Å². The number of hydrogen-bond acceptors (Lipinski definition) is 3. The van der Waals surface area contributed by atoms with Crippen LogP contribution >= 0.6 is 11.6 Å². The third kappa shape index (κ3) is 4.13. The molecular formula is C17H20ClNO2. The summed E-state index contributed by atoms with van der Waals surface area (Å²) in [6.45, 7) is 5.17. The first-order valence-electron chi connectivity index (χ1n) is 7.04. The average Bonchev–Trinajstić information content (AvgIpc) is 2.48. The highest BCUT2D eigenvalue weighted by molar-refractivity contribution is 6.31.